The van der Waals surface area contributed by atoms with Crippen LogP contribution in [-0.2, 0) is 58.6 Å². The number of nitrogens with zero attached hydrogens (tertiary/aromatic N) is 10. The predicted molar refractivity (Wildman–Crippen MR) is 334 cm³/mol. The lowest BCUT2D eigenvalue weighted by Gasteiger charge is -2.47. The highest BCUT2D eigenvalue weighted by Crippen LogP contribution is 2.45. The first-order valence-corrected chi connectivity index (χ1v) is 31.6. The smallest absolute Gasteiger partial charge is 0.427 e. The second-order valence-electron chi connectivity index (χ2n) is 26.2. The zero-order valence-electron chi connectivity index (χ0n) is 53.8. The normalized spacial score (nSPS) is 13.9. The molecular weight excluding hydrogens is 1200 g/mol. The summed E-state index contributed by atoms with van der Waals surface area (Å²) in [6.07, 6.45) is -4.97. The summed E-state index contributed by atoms with van der Waals surface area (Å²) in [6.45, 7) is 18.4. The van der Waals surface area contributed by atoms with Crippen LogP contribution in [-0.4, -0.2) is 161 Å². The van der Waals surface area contributed by atoms with Crippen molar-refractivity contribution in [2.24, 2.45) is 0 Å². The molecule has 0 atom stereocenters. The number of para-hydroxylation sites is 1. The fourth-order valence-corrected chi connectivity index (χ4v) is 13.7. The van der Waals surface area contributed by atoms with Crippen molar-refractivity contribution in [2.75, 3.05) is 53.4 Å². The van der Waals surface area contributed by atoms with E-state index in [0.717, 1.165) is 14.9 Å². The van der Waals surface area contributed by atoms with Crippen LogP contribution >= 0.6 is 0 Å². The maximum atomic E-state index is 17.0. The van der Waals surface area contributed by atoms with Gasteiger partial charge in [0.25, 0.3) is 10.0 Å². The van der Waals surface area contributed by atoms with Gasteiger partial charge < -0.3 is 37.6 Å². The monoisotopic (exact) mass is 1280 g/mol. The molecule has 3 heterocycles. The van der Waals surface area contributed by atoms with Crippen LogP contribution < -0.4 is 19.1 Å². The Kier molecular flexibility index (Phi) is 18.9. The Morgan fingerprint density at radius 1 is 0.578 bits per heavy atom. The molecule has 5 aromatic carbocycles. The average molecular weight is 1280 g/mol. The summed E-state index contributed by atoms with van der Waals surface area (Å²) in [6, 6.07) is 26.0. The summed E-state index contributed by atoms with van der Waals surface area (Å²) in [5, 5.41) is 13.7. The minimum absolute atomic E-state index is 0.0230. The second kappa shape index (κ2) is 25.3. The number of imidazole rings is 1. The maximum absolute atomic E-state index is 17.0. The van der Waals surface area contributed by atoms with Crippen LogP contribution in [0.15, 0.2) is 113 Å². The lowest BCUT2D eigenvalue weighted by molar-refractivity contribution is -0.932. The van der Waals surface area contributed by atoms with Gasteiger partial charge >= 0.3 is 24.4 Å². The van der Waals surface area contributed by atoms with Crippen molar-refractivity contribution in [1.82, 2.24) is 38.4 Å². The molecule has 0 unspecified atom stereocenters. The highest BCUT2D eigenvalue weighted by atomic mass is 32.2. The minimum Gasteiger partial charge on any atom is -0.497 e. The lowest BCUT2D eigenvalue weighted by atomic mass is 9.98. The Labute approximate surface area is 525 Å². The first-order valence-electron chi connectivity index (χ1n) is 28.8. The number of fused-ring (bicyclic) bond motifs is 1. The van der Waals surface area contributed by atoms with Crippen molar-refractivity contribution in [2.45, 2.75) is 141 Å². The minimum atomic E-state index is -5.38. The Morgan fingerprint density at radius 3 is 1.50 bits per heavy atom. The van der Waals surface area contributed by atoms with Gasteiger partial charge in [0, 0.05) is 18.7 Å². The summed E-state index contributed by atoms with van der Waals surface area (Å²) in [4.78, 5) is 63.4. The molecule has 482 valence electrons. The molecule has 27 heteroatoms. The van der Waals surface area contributed by atoms with E-state index in [1.807, 2.05) is 14.1 Å². The number of likely N-dealkylation sites (N-methyl/N-ethyl adjacent to an activating group) is 1. The number of aromatic nitrogens is 6. The third-order valence-electron chi connectivity index (χ3n) is 13.7. The molecule has 1 aliphatic rings. The fourth-order valence-electron chi connectivity index (χ4n) is 9.88. The van der Waals surface area contributed by atoms with E-state index in [9.17, 15) is 19.2 Å². The Morgan fingerprint density at radius 2 is 1.04 bits per heavy atom. The number of carbonyl (C=O) groups excluding carboxylic acids is 4. The van der Waals surface area contributed by atoms with Crippen molar-refractivity contribution in [3.63, 3.8) is 0 Å². The number of carbonyl (C=O) groups is 4. The summed E-state index contributed by atoms with van der Waals surface area (Å²) in [7, 11) is -2.54. The number of anilines is 1. The number of methoxy groups -OCH3 is 3. The molecule has 1 fully saturated rings. The van der Waals surface area contributed by atoms with E-state index >= 15 is 16.8 Å². The highest BCUT2D eigenvalue weighted by Gasteiger charge is 2.52. The zero-order valence-corrected chi connectivity index (χ0v) is 55.5. The van der Waals surface area contributed by atoms with Crippen LogP contribution in [0.4, 0.5) is 25.1 Å². The number of tetrazole rings is 1. The van der Waals surface area contributed by atoms with E-state index in [4.69, 9.17) is 43.2 Å². The maximum Gasteiger partial charge on any atom is 0.427 e. The number of imide groups is 1. The molecule has 2 aromatic heterocycles. The van der Waals surface area contributed by atoms with E-state index in [2.05, 4.69) is 10.3 Å². The second-order valence-corrected chi connectivity index (χ2v) is 29.9. The molecule has 7 aromatic rings. The van der Waals surface area contributed by atoms with Crippen molar-refractivity contribution >= 4 is 61.4 Å². The Hall–Kier alpha value is -8.66. The van der Waals surface area contributed by atoms with Gasteiger partial charge in [0.2, 0.25) is 21.8 Å². The van der Waals surface area contributed by atoms with Gasteiger partial charge in [0.05, 0.1) is 58.6 Å². The molecule has 0 radical (unpaired) electrons. The first-order chi connectivity index (χ1) is 41.8. The first kappa shape index (κ1) is 67.3. The van der Waals surface area contributed by atoms with Crippen LogP contribution in [0.5, 0.6) is 17.2 Å². The zero-order chi connectivity index (χ0) is 66.3. The van der Waals surface area contributed by atoms with E-state index in [1.54, 1.807) is 156 Å². The number of rotatable bonds is 17. The largest absolute Gasteiger partial charge is 0.497 e. The van der Waals surface area contributed by atoms with Crippen LogP contribution in [0.2, 0.25) is 0 Å². The van der Waals surface area contributed by atoms with E-state index in [1.165, 1.54) is 50.4 Å². The predicted octanol–water partition coefficient (Wildman–Crippen LogP) is 10.7. The molecule has 0 N–H and O–H groups in total. The molecule has 0 aliphatic carbocycles. The number of hydrogen-bond donors (Lipinski definition) is 0. The number of amides is 3. The van der Waals surface area contributed by atoms with Crippen molar-refractivity contribution in [3.05, 3.63) is 120 Å². The molecule has 0 bridgehead atoms. The highest BCUT2D eigenvalue weighted by molar-refractivity contribution is 7.92. The van der Waals surface area contributed by atoms with Crippen molar-refractivity contribution < 1.29 is 73.7 Å². The molecule has 0 saturated carbocycles. The van der Waals surface area contributed by atoms with Crippen LogP contribution in [0.1, 0.15) is 99.8 Å². The number of ether oxygens (including phenoxy) is 7. The number of sulfonamides is 2. The van der Waals surface area contributed by atoms with Gasteiger partial charge in [0.15, 0.2) is 0 Å². The van der Waals surface area contributed by atoms with Gasteiger partial charge in [0.1, 0.15) is 68.6 Å². The molecular formula is C63H79N10O15S2+. The SMILES string of the molecule is COc1ccc(CN(Cc2ccc(OC)cc2)S(=O)(=O)c2c(S(=O)(=O)N(C(=O)OC(C)(C)C)C3C[N+](C)(C)C3)ccc(-c3cccc4c3nc(N(C(=O)OC(C)(C)C)C(=O)OC(C)(C)C)n4C(=O)OC(C)(C)C)c2-c2nnn(Cc3ccc(OC)cc3)n2)cc1. The third-order valence-corrected chi connectivity index (χ3v) is 17.5. The topological polar surface area (TPSA) is 272 Å². The number of likely N-dealkylation sites (tertiary alicyclic amines) is 1. The molecule has 1 saturated heterocycles. The Balaban J connectivity index is 1.54. The molecule has 8 rings (SSSR count). The molecule has 90 heavy (non-hydrogen) atoms. The molecule has 25 nitrogen and oxygen atoms in total. The van der Waals surface area contributed by atoms with Crippen molar-refractivity contribution in [1.29, 1.82) is 0 Å². The van der Waals surface area contributed by atoms with E-state index in [-0.39, 0.29) is 54.9 Å². The lowest BCUT2D eigenvalue weighted by Crippen LogP contribution is -2.69. The van der Waals surface area contributed by atoms with Crippen LogP contribution in [0.3, 0.4) is 0 Å². The van der Waals surface area contributed by atoms with Crippen molar-refractivity contribution in [3.8, 4) is 39.8 Å². The van der Waals surface area contributed by atoms with E-state index < -0.39 is 100.0 Å². The number of quaternary nitrogens is 1. The quantitative estimate of drug-likeness (QED) is 0.0605. The number of benzene rings is 5. The summed E-state index contributed by atoms with van der Waals surface area (Å²) >= 11 is 0. The van der Waals surface area contributed by atoms with Crippen LogP contribution in [0, 0.1) is 0 Å². The van der Waals surface area contributed by atoms with E-state index in [0.29, 0.717) is 47.6 Å². The van der Waals surface area contributed by atoms with Gasteiger partial charge in [-0.3, -0.25) is 0 Å². The Bertz CT molecular complexity index is 3960. The molecule has 3 amide bonds. The van der Waals surface area contributed by atoms with Gasteiger partial charge in [-0.15, -0.1) is 15.1 Å². The van der Waals surface area contributed by atoms with Gasteiger partial charge in [-0.25, -0.2) is 45.6 Å². The summed E-state index contributed by atoms with van der Waals surface area (Å²) in [5.41, 5.74) is -4.16. The molecule has 1 aliphatic heterocycles. The summed E-state index contributed by atoms with van der Waals surface area (Å²) < 4.78 is 109. The van der Waals surface area contributed by atoms with Gasteiger partial charge in [-0.05, 0) is 159 Å². The molecule has 0 spiro atoms. The third kappa shape index (κ3) is 15.5. The average Bonchev–Trinajstić information content (AvgIpc) is 0.979. The number of hydrogen-bond acceptors (Lipinski definition) is 19. The fraction of sp³-hybridized carbons (Fsp3) is 0.429. The van der Waals surface area contributed by atoms with Gasteiger partial charge in [-0.1, -0.05) is 54.6 Å². The summed E-state index contributed by atoms with van der Waals surface area (Å²) in [5.74, 6) is 0.423. The van der Waals surface area contributed by atoms with Crippen LogP contribution in [0.25, 0.3) is 33.5 Å². The standard InChI is InChI=1S/C63H79N10O15S2/c1-60(2,3)85-56(74)70-49-20-18-19-48(52(49)64-55(70)71(57(75)86-61(4,5)6)58(76)87-62(7,8)9)47-33-34-50(89(78,79)72(43-38-73(13,14)39-43)59(77)88-63(10,11)12)53(51(47)54-65-67-69(66-54)37-42-25-31-46(84-17)32-26-42)90(80,81)68(35-40-21-27-44(82-15)28-22-40)36-41-23-29-45(83-16)30-24-41/h18-34,43H,35-39H2,1-17H3/q+1. The van der Waals surface area contributed by atoms with Gasteiger partial charge in [-0.2, -0.15) is 13.4 Å².